The van der Waals surface area contributed by atoms with Gasteiger partial charge in [-0.2, -0.15) is 11.3 Å². The van der Waals surface area contributed by atoms with E-state index in [-0.39, 0.29) is 0 Å². The SMILES string of the molecule is Cc1cscc1CNC1CCN(C(C)C)CC1. The summed E-state index contributed by atoms with van der Waals surface area (Å²) in [5, 5.41) is 8.21. The Morgan fingerprint density at radius 3 is 2.59 bits per heavy atom. The highest BCUT2D eigenvalue weighted by Crippen LogP contribution is 2.16. The van der Waals surface area contributed by atoms with Gasteiger partial charge in [0.1, 0.15) is 0 Å². The molecule has 0 spiro atoms. The van der Waals surface area contributed by atoms with Crippen molar-refractivity contribution in [3.63, 3.8) is 0 Å². The van der Waals surface area contributed by atoms with Gasteiger partial charge in [0.15, 0.2) is 0 Å². The summed E-state index contributed by atoms with van der Waals surface area (Å²) in [6, 6.07) is 1.42. The van der Waals surface area contributed by atoms with Crippen LogP contribution in [0.5, 0.6) is 0 Å². The van der Waals surface area contributed by atoms with Crippen LogP contribution in [0.4, 0.5) is 0 Å². The summed E-state index contributed by atoms with van der Waals surface area (Å²) in [6.45, 7) is 10.3. The van der Waals surface area contributed by atoms with Gasteiger partial charge in [-0.05, 0) is 68.6 Å². The van der Waals surface area contributed by atoms with Crippen molar-refractivity contribution in [2.75, 3.05) is 13.1 Å². The van der Waals surface area contributed by atoms with Crippen molar-refractivity contribution in [1.29, 1.82) is 0 Å². The van der Waals surface area contributed by atoms with Crippen molar-refractivity contribution in [3.8, 4) is 0 Å². The molecule has 1 aromatic rings. The van der Waals surface area contributed by atoms with Crippen LogP contribution in [0.25, 0.3) is 0 Å². The summed E-state index contributed by atoms with van der Waals surface area (Å²) in [7, 11) is 0. The zero-order chi connectivity index (χ0) is 12.3. The average molecular weight is 252 g/mol. The Labute approximate surface area is 109 Å². The van der Waals surface area contributed by atoms with Crippen LogP contribution in [-0.4, -0.2) is 30.1 Å². The largest absolute Gasteiger partial charge is 0.310 e. The standard InChI is InChI=1S/C14H24N2S/c1-11(2)16-6-4-14(5-7-16)15-8-13-10-17-9-12(13)3/h9-11,14-15H,4-8H2,1-3H3. The Balaban J connectivity index is 1.74. The summed E-state index contributed by atoms with van der Waals surface area (Å²) in [5.41, 5.74) is 2.91. The van der Waals surface area contributed by atoms with E-state index in [0.717, 1.165) is 6.54 Å². The predicted octanol–water partition coefficient (Wildman–Crippen LogP) is 3.02. The first-order chi connectivity index (χ1) is 8.16. The Kier molecular flexibility index (Phi) is 4.60. The molecular formula is C14H24N2S. The van der Waals surface area contributed by atoms with E-state index in [9.17, 15) is 0 Å². The molecule has 0 unspecified atom stereocenters. The minimum Gasteiger partial charge on any atom is -0.310 e. The van der Waals surface area contributed by atoms with Crippen molar-refractivity contribution < 1.29 is 0 Å². The van der Waals surface area contributed by atoms with Gasteiger partial charge in [0.05, 0.1) is 0 Å². The molecule has 2 rings (SSSR count). The van der Waals surface area contributed by atoms with Crippen molar-refractivity contribution in [3.05, 3.63) is 21.9 Å². The number of aryl methyl sites for hydroxylation is 1. The van der Waals surface area contributed by atoms with Gasteiger partial charge in [0.25, 0.3) is 0 Å². The maximum Gasteiger partial charge on any atom is 0.0218 e. The first-order valence-corrected chi connectivity index (χ1v) is 7.60. The van der Waals surface area contributed by atoms with E-state index in [1.165, 1.54) is 37.1 Å². The fraction of sp³-hybridized carbons (Fsp3) is 0.714. The molecule has 96 valence electrons. The first kappa shape index (κ1) is 13.1. The van der Waals surface area contributed by atoms with E-state index in [1.807, 2.05) is 11.3 Å². The number of likely N-dealkylation sites (tertiary alicyclic amines) is 1. The molecule has 1 fully saturated rings. The van der Waals surface area contributed by atoms with E-state index >= 15 is 0 Å². The molecule has 0 saturated carbocycles. The number of rotatable bonds is 4. The van der Waals surface area contributed by atoms with Crippen LogP contribution in [0.15, 0.2) is 10.8 Å². The molecule has 0 amide bonds. The van der Waals surface area contributed by atoms with Gasteiger partial charge < -0.3 is 10.2 Å². The molecule has 1 saturated heterocycles. The van der Waals surface area contributed by atoms with Crippen molar-refractivity contribution >= 4 is 11.3 Å². The molecule has 1 N–H and O–H groups in total. The summed E-state index contributed by atoms with van der Waals surface area (Å²) >= 11 is 1.81. The quantitative estimate of drug-likeness (QED) is 0.886. The number of hydrogen-bond donors (Lipinski definition) is 1. The van der Waals surface area contributed by atoms with Crippen LogP contribution in [0.2, 0.25) is 0 Å². The first-order valence-electron chi connectivity index (χ1n) is 6.66. The molecule has 1 aromatic heterocycles. The lowest BCUT2D eigenvalue weighted by Crippen LogP contribution is -2.44. The Morgan fingerprint density at radius 2 is 2.06 bits per heavy atom. The topological polar surface area (TPSA) is 15.3 Å². The van der Waals surface area contributed by atoms with Crippen LogP contribution < -0.4 is 5.32 Å². The normalized spacial score (nSPS) is 19.1. The molecule has 2 nitrogen and oxygen atoms in total. The Bertz CT molecular complexity index is 338. The van der Waals surface area contributed by atoms with Crippen molar-refractivity contribution in [2.45, 2.75) is 52.2 Å². The van der Waals surface area contributed by atoms with E-state index < -0.39 is 0 Å². The lowest BCUT2D eigenvalue weighted by molar-refractivity contribution is 0.161. The third-order valence-electron chi connectivity index (χ3n) is 3.80. The van der Waals surface area contributed by atoms with Crippen molar-refractivity contribution in [2.24, 2.45) is 0 Å². The summed E-state index contributed by atoms with van der Waals surface area (Å²) < 4.78 is 0. The van der Waals surface area contributed by atoms with Gasteiger partial charge >= 0.3 is 0 Å². The molecule has 0 aliphatic carbocycles. The predicted molar refractivity (Wildman–Crippen MR) is 75.6 cm³/mol. The van der Waals surface area contributed by atoms with Gasteiger partial charge in [0.2, 0.25) is 0 Å². The highest BCUT2D eigenvalue weighted by Gasteiger charge is 2.20. The molecule has 0 bridgehead atoms. The highest BCUT2D eigenvalue weighted by molar-refractivity contribution is 7.08. The van der Waals surface area contributed by atoms with Gasteiger partial charge in [-0.3, -0.25) is 0 Å². The number of thiophene rings is 1. The van der Waals surface area contributed by atoms with E-state index in [1.54, 1.807) is 0 Å². The van der Waals surface area contributed by atoms with Crippen LogP contribution in [0.1, 0.15) is 37.8 Å². The number of piperidine rings is 1. The molecule has 17 heavy (non-hydrogen) atoms. The van der Waals surface area contributed by atoms with E-state index in [2.05, 4.69) is 41.7 Å². The number of nitrogens with one attached hydrogen (secondary N) is 1. The highest BCUT2D eigenvalue weighted by atomic mass is 32.1. The second-order valence-corrected chi connectivity index (χ2v) is 6.11. The Hall–Kier alpha value is -0.380. The maximum atomic E-state index is 3.70. The zero-order valence-electron chi connectivity index (χ0n) is 11.2. The lowest BCUT2D eigenvalue weighted by atomic mass is 10.0. The fourth-order valence-corrected chi connectivity index (χ4v) is 3.30. The smallest absolute Gasteiger partial charge is 0.0218 e. The summed E-state index contributed by atoms with van der Waals surface area (Å²) in [5.74, 6) is 0. The van der Waals surface area contributed by atoms with Crippen LogP contribution >= 0.6 is 11.3 Å². The molecule has 1 aliphatic rings. The summed E-state index contributed by atoms with van der Waals surface area (Å²) in [4.78, 5) is 2.58. The molecule has 2 heterocycles. The minimum atomic E-state index is 0.704. The molecule has 0 atom stereocenters. The molecule has 3 heteroatoms. The number of hydrogen-bond acceptors (Lipinski definition) is 3. The lowest BCUT2D eigenvalue weighted by Gasteiger charge is -2.35. The van der Waals surface area contributed by atoms with E-state index in [0.29, 0.717) is 12.1 Å². The fourth-order valence-electron chi connectivity index (χ4n) is 2.44. The van der Waals surface area contributed by atoms with Crippen molar-refractivity contribution in [1.82, 2.24) is 10.2 Å². The van der Waals surface area contributed by atoms with Gasteiger partial charge in [0, 0.05) is 18.6 Å². The average Bonchev–Trinajstić information content (AvgIpc) is 2.73. The third-order valence-corrected chi connectivity index (χ3v) is 4.71. The van der Waals surface area contributed by atoms with Gasteiger partial charge in [-0.1, -0.05) is 0 Å². The number of nitrogens with zero attached hydrogens (tertiary/aromatic N) is 1. The van der Waals surface area contributed by atoms with E-state index in [4.69, 9.17) is 0 Å². The summed E-state index contributed by atoms with van der Waals surface area (Å²) in [6.07, 6.45) is 2.59. The molecule has 1 aliphatic heterocycles. The Morgan fingerprint density at radius 1 is 1.35 bits per heavy atom. The second kappa shape index (κ2) is 5.98. The van der Waals surface area contributed by atoms with Crippen LogP contribution in [-0.2, 0) is 6.54 Å². The van der Waals surface area contributed by atoms with Crippen LogP contribution in [0.3, 0.4) is 0 Å². The molecular weight excluding hydrogens is 228 g/mol. The minimum absolute atomic E-state index is 0.704. The monoisotopic (exact) mass is 252 g/mol. The molecule has 0 radical (unpaired) electrons. The molecule has 0 aromatic carbocycles. The third kappa shape index (κ3) is 3.54. The van der Waals surface area contributed by atoms with Gasteiger partial charge in [-0.15, -0.1) is 0 Å². The van der Waals surface area contributed by atoms with Crippen LogP contribution in [0, 0.1) is 6.92 Å². The maximum absolute atomic E-state index is 3.70. The van der Waals surface area contributed by atoms with Gasteiger partial charge in [-0.25, -0.2) is 0 Å². The zero-order valence-corrected chi connectivity index (χ0v) is 12.0. The second-order valence-electron chi connectivity index (χ2n) is 5.36.